The zero-order chi connectivity index (χ0) is 8.97. The average molecular weight is 347 g/mol. The van der Waals surface area contributed by atoms with E-state index in [-0.39, 0.29) is 21.1 Å². The summed E-state index contributed by atoms with van der Waals surface area (Å²) >= 11 is 0. The number of hydrogen-bond donors (Lipinski definition) is 2. The first kappa shape index (κ1) is 12.0. The molecule has 0 aromatic heterocycles. The largest absolute Gasteiger partial charge is 2.00 e. The van der Waals surface area contributed by atoms with Gasteiger partial charge in [-0.2, -0.15) is 12.0 Å². The third kappa shape index (κ3) is 3.47. The van der Waals surface area contributed by atoms with Crippen molar-refractivity contribution in [3.05, 3.63) is 24.7 Å². The Labute approximate surface area is 91.7 Å². The van der Waals surface area contributed by atoms with Gasteiger partial charge in [-0.3, -0.25) is 6.54 Å². The summed E-state index contributed by atoms with van der Waals surface area (Å²) in [5.74, 6) is 0. The molecule has 0 radical (unpaired) electrons. The van der Waals surface area contributed by atoms with E-state index in [2.05, 4.69) is 10.2 Å². The van der Waals surface area contributed by atoms with Crippen molar-refractivity contribution >= 4 is 17.1 Å². The SMILES string of the molecule is C[CH-]N=Nc1ccc(N)cc1N.[W+2]. The zero-order valence-corrected chi connectivity index (χ0v) is 10.2. The van der Waals surface area contributed by atoms with Crippen LogP contribution in [0, 0.1) is 6.54 Å². The van der Waals surface area contributed by atoms with E-state index in [1.54, 1.807) is 31.7 Å². The van der Waals surface area contributed by atoms with Crippen LogP contribution in [0.2, 0.25) is 0 Å². The number of hydrogen-bond acceptors (Lipinski definition) is 4. The standard InChI is InChI=1S/C8H11N4.W/c1-2-11-12-8-4-3-6(9)5-7(8)10;/h2-5H,9-10H2,1H3;/q-1;+2. The molecule has 0 fully saturated rings. The fraction of sp³-hybridized carbons (Fsp3) is 0.125. The maximum Gasteiger partial charge on any atom is 2.00 e. The molecular formula is C8H11N4W+. The van der Waals surface area contributed by atoms with Crippen LogP contribution in [0.25, 0.3) is 0 Å². The molecule has 0 amide bonds. The van der Waals surface area contributed by atoms with Crippen molar-refractivity contribution in [1.29, 1.82) is 0 Å². The Kier molecular flexibility index (Phi) is 5.15. The Balaban J connectivity index is 0.00000144. The quantitative estimate of drug-likeness (QED) is 0.488. The Morgan fingerprint density at radius 2 is 2.00 bits per heavy atom. The number of nitrogens with two attached hydrogens (primary N) is 2. The van der Waals surface area contributed by atoms with Crippen molar-refractivity contribution in [2.45, 2.75) is 6.92 Å². The van der Waals surface area contributed by atoms with E-state index < -0.39 is 0 Å². The van der Waals surface area contributed by atoms with Gasteiger partial charge >= 0.3 is 21.1 Å². The van der Waals surface area contributed by atoms with Gasteiger partial charge in [-0.15, -0.1) is 0 Å². The molecule has 4 N–H and O–H groups in total. The summed E-state index contributed by atoms with van der Waals surface area (Å²) in [5, 5.41) is 7.57. The molecule has 0 aliphatic rings. The van der Waals surface area contributed by atoms with Crippen molar-refractivity contribution in [3.63, 3.8) is 0 Å². The molecule has 5 heteroatoms. The molecule has 0 atom stereocenters. The maximum absolute atomic E-state index is 5.61. The number of benzene rings is 1. The molecule has 0 unspecified atom stereocenters. The Bertz CT molecular complexity index is 298. The normalized spacial score (nSPS) is 9.62. The monoisotopic (exact) mass is 347 g/mol. The number of rotatable bonds is 2. The van der Waals surface area contributed by atoms with Crippen LogP contribution in [0.3, 0.4) is 0 Å². The summed E-state index contributed by atoms with van der Waals surface area (Å²) in [4.78, 5) is 0. The summed E-state index contributed by atoms with van der Waals surface area (Å²) in [6.45, 7) is 3.38. The summed E-state index contributed by atoms with van der Waals surface area (Å²) in [7, 11) is 0. The van der Waals surface area contributed by atoms with Crippen molar-refractivity contribution < 1.29 is 21.1 Å². The predicted octanol–water partition coefficient (Wildman–Crippen LogP) is 2.11. The molecule has 0 bridgehead atoms. The molecule has 0 aliphatic heterocycles. The van der Waals surface area contributed by atoms with E-state index in [4.69, 9.17) is 11.5 Å². The minimum Gasteiger partial charge on any atom is -0.399 e. The summed E-state index contributed by atoms with van der Waals surface area (Å²) in [6.07, 6.45) is 0. The van der Waals surface area contributed by atoms with Gasteiger partial charge in [0.1, 0.15) is 5.69 Å². The number of anilines is 2. The first-order valence-corrected chi connectivity index (χ1v) is 3.57. The first-order chi connectivity index (χ1) is 5.74. The topological polar surface area (TPSA) is 76.8 Å². The van der Waals surface area contributed by atoms with Crippen LogP contribution in [-0.4, -0.2) is 0 Å². The van der Waals surface area contributed by atoms with Gasteiger partial charge in [0.2, 0.25) is 0 Å². The van der Waals surface area contributed by atoms with E-state index in [1.807, 2.05) is 0 Å². The molecule has 13 heavy (non-hydrogen) atoms. The maximum atomic E-state index is 5.61. The summed E-state index contributed by atoms with van der Waals surface area (Å²) < 4.78 is 0. The molecular weight excluding hydrogens is 336 g/mol. The molecule has 0 heterocycles. The third-order valence-electron chi connectivity index (χ3n) is 1.33. The molecule has 1 aromatic carbocycles. The van der Waals surface area contributed by atoms with Gasteiger partial charge in [-0.05, 0) is 18.2 Å². The van der Waals surface area contributed by atoms with E-state index in [0.29, 0.717) is 17.1 Å². The molecule has 4 nitrogen and oxygen atoms in total. The van der Waals surface area contributed by atoms with Gasteiger partial charge < -0.3 is 16.6 Å². The van der Waals surface area contributed by atoms with Crippen molar-refractivity contribution in [1.82, 2.24) is 0 Å². The zero-order valence-electron chi connectivity index (χ0n) is 7.27. The van der Waals surface area contributed by atoms with E-state index in [0.717, 1.165) is 0 Å². The molecule has 1 rings (SSSR count). The van der Waals surface area contributed by atoms with Crippen molar-refractivity contribution in [2.75, 3.05) is 11.5 Å². The molecule has 0 aliphatic carbocycles. The van der Waals surface area contributed by atoms with Gasteiger partial charge in [0, 0.05) is 5.69 Å². The van der Waals surface area contributed by atoms with Crippen LogP contribution < -0.4 is 11.5 Å². The fourth-order valence-electron chi connectivity index (χ4n) is 0.784. The second kappa shape index (κ2) is 5.59. The van der Waals surface area contributed by atoms with Gasteiger partial charge in [0.25, 0.3) is 0 Å². The van der Waals surface area contributed by atoms with Gasteiger partial charge in [-0.25, -0.2) is 0 Å². The van der Waals surface area contributed by atoms with Crippen LogP contribution in [0.5, 0.6) is 0 Å². The van der Waals surface area contributed by atoms with Crippen LogP contribution in [-0.2, 0) is 21.1 Å². The van der Waals surface area contributed by atoms with E-state index >= 15 is 0 Å². The first-order valence-electron chi connectivity index (χ1n) is 3.57. The molecule has 0 saturated heterocycles. The van der Waals surface area contributed by atoms with E-state index in [1.165, 1.54) is 0 Å². The molecule has 1 aromatic rings. The Morgan fingerprint density at radius 3 is 2.54 bits per heavy atom. The molecule has 0 spiro atoms. The van der Waals surface area contributed by atoms with Crippen LogP contribution in [0.1, 0.15) is 6.92 Å². The predicted molar refractivity (Wildman–Crippen MR) is 49.8 cm³/mol. The summed E-state index contributed by atoms with van der Waals surface area (Å²) in [6, 6.07) is 5.13. The van der Waals surface area contributed by atoms with Crippen molar-refractivity contribution in [2.24, 2.45) is 10.2 Å². The van der Waals surface area contributed by atoms with Gasteiger partial charge in [0.15, 0.2) is 0 Å². The van der Waals surface area contributed by atoms with Crippen LogP contribution in [0.4, 0.5) is 17.1 Å². The number of nitrogens with zero attached hydrogens (tertiary/aromatic N) is 2. The molecule has 68 valence electrons. The Morgan fingerprint density at radius 1 is 1.31 bits per heavy atom. The smallest absolute Gasteiger partial charge is 0.399 e. The molecule has 0 saturated carbocycles. The minimum atomic E-state index is 0. The fourth-order valence-corrected chi connectivity index (χ4v) is 0.784. The van der Waals surface area contributed by atoms with Gasteiger partial charge in [0.05, 0.1) is 5.69 Å². The van der Waals surface area contributed by atoms with Crippen LogP contribution >= 0.6 is 0 Å². The third-order valence-corrected chi connectivity index (χ3v) is 1.33. The second-order valence-corrected chi connectivity index (χ2v) is 2.29. The van der Waals surface area contributed by atoms with Gasteiger partial charge in [-0.1, -0.05) is 0 Å². The number of nitrogen functional groups attached to an aromatic ring is 2. The second-order valence-electron chi connectivity index (χ2n) is 2.29. The van der Waals surface area contributed by atoms with Crippen LogP contribution in [0.15, 0.2) is 28.4 Å². The Hall–Kier alpha value is -1.02. The minimum absolute atomic E-state index is 0. The van der Waals surface area contributed by atoms with Crippen molar-refractivity contribution in [3.8, 4) is 0 Å². The number of azo groups is 1. The summed E-state index contributed by atoms with van der Waals surface area (Å²) in [5.41, 5.74) is 12.9. The average Bonchev–Trinajstić information content (AvgIpc) is 2.03. The van der Waals surface area contributed by atoms with E-state index in [9.17, 15) is 0 Å².